The van der Waals surface area contributed by atoms with Crippen molar-refractivity contribution in [3.05, 3.63) is 11.6 Å². The van der Waals surface area contributed by atoms with Crippen LogP contribution in [0.15, 0.2) is 11.6 Å². The lowest BCUT2D eigenvalue weighted by molar-refractivity contribution is -0.129. The Morgan fingerprint density at radius 3 is 2.58 bits per heavy atom. The second kappa shape index (κ2) is 5.53. The summed E-state index contributed by atoms with van der Waals surface area (Å²) in [6.07, 6.45) is 9.80. The molecule has 0 N–H and O–H groups in total. The molecular weight excluding hydrogens is 322 g/mol. The average molecular weight is 356 g/mol. The molecule has 4 fully saturated rings. The van der Waals surface area contributed by atoms with Crippen LogP contribution in [0.5, 0.6) is 0 Å². The quantitative estimate of drug-likeness (QED) is 0.702. The predicted molar refractivity (Wildman–Crippen MR) is 102 cm³/mol. The summed E-state index contributed by atoms with van der Waals surface area (Å²) in [4.78, 5) is 27.2. The first-order valence-corrected chi connectivity index (χ1v) is 10.8. The zero-order chi connectivity index (χ0) is 18.3. The van der Waals surface area contributed by atoms with Crippen LogP contribution >= 0.6 is 0 Å². The van der Waals surface area contributed by atoms with Crippen LogP contribution in [-0.4, -0.2) is 35.6 Å². The fraction of sp³-hybridized carbons (Fsp3) is 0.826. The Balaban J connectivity index is 1.50. The Hall–Kier alpha value is -0.960. The van der Waals surface area contributed by atoms with Crippen molar-refractivity contribution in [2.24, 2.45) is 34.5 Å². The first-order chi connectivity index (χ1) is 12.3. The third kappa shape index (κ3) is 2.22. The van der Waals surface area contributed by atoms with E-state index in [1.165, 1.54) is 44.3 Å². The molecule has 0 bridgehead atoms. The van der Waals surface area contributed by atoms with E-state index >= 15 is 0 Å². The molecule has 0 aromatic heterocycles. The van der Waals surface area contributed by atoms with Crippen molar-refractivity contribution in [2.45, 2.75) is 71.8 Å². The highest BCUT2D eigenvalue weighted by atomic mass is 16.1. The van der Waals surface area contributed by atoms with Crippen molar-refractivity contribution in [2.75, 3.05) is 13.1 Å². The second-order valence-corrected chi connectivity index (χ2v) is 10.4. The van der Waals surface area contributed by atoms with E-state index in [-0.39, 0.29) is 16.7 Å². The number of Topliss-reactive ketones (excluding diaryl/α,β-unsaturated/α-hetero) is 1. The highest BCUT2D eigenvalue weighted by Gasteiger charge is 2.63. The molecule has 1 saturated heterocycles. The molecule has 1 heterocycles. The maximum Gasteiger partial charge on any atom is 0.155 e. The number of carbonyl (C=O) groups excluding carboxylic acids is 2. The van der Waals surface area contributed by atoms with E-state index in [0.717, 1.165) is 25.2 Å². The summed E-state index contributed by atoms with van der Waals surface area (Å²) >= 11 is 0. The van der Waals surface area contributed by atoms with E-state index in [1.807, 2.05) is 13.0 Å². The van der Waals surface area contributed by atoms with Crippen LogP contribution in [0.3, 0.4) is 0 Å². The zero-order valence-corrected chi connectivity index (χ0v) is 16.6. The topological polar surface area (TPSA) is 37.1 Å². The highest BCUT2D eigenvalue weighted by molar-refractivity contribution is 5.91. The fourth-order valence-electron chi connectivity index (χ4n) is 8.06. The lowest BCUT2D eigenvalue weighted by atomic mass is 9.46. The number of nitrogens with zero attached hydrogens (tertiary/aromatic N) is 1. The van der Waals surface area contributed by atoms with Crippen LogP contribution < -0.4 is 0 Å². The van der Waals surface area contributed by atoms with Crippen LogP contribution in [-0.2, 0) is 9.59 Å². The number of rotatable bonds is 2. The zero-order valence-electron chi connectivity index (χ0n) is 16.6. The van der Waals surface area contributed by atoms with Gasteiger partial charge in [-0.25, -0.2) is 0 Å². The molecule has 5 rings (SSSR count). The Bertz CT molecular complexity index is 692. The minimum absolute atomic E-state index is 0.197. The first kappa shape index (κ1) is 17.2. The number of allylic oxidation sites excluding steroid dienone is 1. The first-order valence-electron chi connectivity index (χ1n) is 10.8. The smallest absolute Gasteiger partial charge is 0.155 e. The van der Waals surface area contributed by atoms with Crippen LogP contribution in [0.4, 0.5) is 0 Å². The molecule has 0 spiro atoms. The van der Waals surface area contributed by atoms with Gasteiger partial charge in [-0.3, -0.25) is 14.5 Å². The fourth-order valence-corrected chi connectivity index (χ4v) is 8.06. The molecule has 26 heavy (non-hydrogen) atoms. The van der Waals surface area contributed by atoms with Gasteiger partial charge < -0.3 is 0 Å². The van der Waals surface area contributed by atoms with Gasteiger partial charge in [-0.15, -0.1) is 0 Å². The molecule has 5 aliphatic rings. The molecular formula is C23H33NO2. The lowest BCUT2D eigenvalue weighted by Crippen LogP contribution is -2.51. The number of carbonyl (C=O) groups is 2. The molecule has 3 nitrogen and oxygen atoms in total. The van der Waals surface area contributed by atoms with E-state index < -0.39 is 0 Å². The molecule has 142 valence electrons. The molecule has 7 atom stereocenters. The van der Waals surface area contributed by atoms with E-state index in [0.29, 0.717) is 29.4 Å². The predicted octanol–water partition coefficient (Wildman–Crippen LogP) is 4.02. The summed E-state index contributed by atoms with van der Waals surface area (Å²) in [6.45, 7) is 9.12. The van der Waals surface area contributed by atoms with Gasteiger partial charge in [0.2, 0.25) is 0 Å². The molecule has 3 saturated carbocycles. The molecule has 1 aliphatic heterocycles. The highest BCUT2D eigenvalue weighted by Crippen LogP contribution is 2.67. The summed E-state index contributed by atoms with van der Waals surface area (Å²) in [6, 6.07) is 0.499. The maximum atomic E-state index is 12.7. The molecule has 0 radical (unpaired) electrons. The van der Waals surface area contributed by atoms with Crippen molar-refractivity contribution in [3.8, 4) is 0 Å². The molecule has 0 unspecified atom stereocenters. The van der Waals surface area contributed by atoms with Gasteiger partial charge in [0.1, 0.15) is 5.78 Å². The van der Waals surface area contributed by atoms with E-state index in [4.69, 9.17) is 0 Å². The SMILES string of the molecule is CC(=O)[C@H]1[C@@H](N2CC2)C[C@H]2[C@@H]3CCC4=CC(=O)CC[C@]4(C)[C@H]3CC[C@@]21C. The van der Waals surface area contributed by atoms with Crippen LogP contribution in [0.2, 0.25) is 0 Å². The largest absolute Gasteiger partial charge is 0.300 e. The molecule has 3 heteroatoms. The Morgan fingerprint density at radius 2 is 1.88 bits per heavy atom. The summed E-state index contributed by atoms with van der Waals surface area (Å²) in [7, 11) is 0. The van der Waals surface area contributed by atoms with Crippen LogP contribution in [0, 0.1) is 34.5 Å². The third-order valence-electron chi connectivity index (χ3n) is 9.38. The molecule has 4 aliphatic carbocycles. The standard InChI is InChI=1S/C23H33NO2/c1-14(25)21-20(24-10-11-24)13-19-17-5-4-15-12-16(26)6-8-22(15,2)18(17)7-9-23(19,21)3/h12,17-21H,4-11,13H2,1-3H3/t17-,18+,19+,20+,21+,22+,23+/m1/s1. The number of hydrogen-bond acceptors (Lipinski definition) is 3. The summed E-state index contributed by atoms with van der Waals surface area (Å²) in [5, 5.41) is 0. The Morgan fingerprint density at radius 1 is 1.12 bits per heavy atom. The number of fused-ring (bicyclic) bond motifs is 5. The Labute approximate surface area is 157 Å². The van der Waals surface area contributed by atoms with Gasteiger partial charge in [-0.2, -0.15) is 0 Å². The normalized spacial score (nSPS) is 50.5. The van der Waals surface area contributed by atoms with E-state index in [2.05, 4.69) is 18.7 Å². The van der Waals surface area contributed by atoms with Crippen molar-refractivity contribution < 1.29 is 9.59 Å². The van der Waals surface area contributed by atoms with E-state index in [9.17, 15) is 9.59 Å². The van der Waals surface area contributed by atoms with Crippen molar-refractivity contribution in [1.82, 2.24) is 4.90 Å². The minimum Gasteiger partial charge on any atom is -0.300 e. The molecule has 0 amide bonds. The number of ketones is 2. The van der Waals surface area contributed by atoms with Gasteiger partial charge in [-0.05, 0) is 80.1 Å². The maximum absolute atomic E-state index is 12.7. The third-order valence-corrected chi connectivity index (χ3v) is 9.38. The summed E-state index contributed by atoms with van der Waals surface area (Å²) in [5.41, 5.74) is 1.88. The van der Waals surface area contributed by atoms with Crippen molar-refractivity contribution in [1.29, 1.82) is 0 Å². The van der Waals surface area contributed by atoms with Gasteiger partial charge in [0.05, 0.1) is 0 Å². The summed E-state index contributed by atoms with van der Waals surface area (Å²) in [5.74, 6) is 3.17. The van der Waals surface area contributed by atoms with Gasteiger partial charge in [0, 0.05) is 31.5 Å². The van der Waals surface area contributed by atoms with Crippen molar-refractivity contribution >= 4 is 11.6 Å². The Kier molecular flexibility index (Phi) is 3.65. The molecule has 0 aromatic rings. The minimum atomic E-state index is 0.197. The van der Waals surface area contributed by atoms with E-state index in [1.54, 1.807) is 0 Å². The average Bonchev–Trinajstić information content (AvgIpc) is 3.37. The second-order valence-electron chi connectivity index (χ2n) is 10.4. The molecule has 0 aromatic carbocycles. The van der Waals surface area contributed by atoms with Gasteiger partial charge in [0.25, 0.3) is 0 Å². The van der Waals surface area contributed by atoms with Gasteiger partial charge >= 0.3 is 0 Å². The van der Waals surface area contributed by atoms with Crippen LogP contribution in [0.1, 0.15) is 65.7 Å². The van der Waals surface area contributed by atoms with Crippen LogP contribution in [0.25, 0.3) is 0 Å². The van der Waals surface area contributed by atoms with Gasteiger partial charge in [0.15, 0.2) is 5.78 Å². The summed E-state index contributed by atoms with van der Waals surface area (Å²) < 4.78 is 0. The monoisotopic (exact) mass is 355 g/mol. The van der Waals surface area contributed by atoms with Gasteiger partial charge in [-0.1, -0.05) is 19.4 Å². The lowest BCUT2D eigenvalue weighted by Gasteiger charge is -2.58. The van der Waals surface area contributed by atoms with Crippen molar-refractivity contribution in [3.63, 3.8) is 0 Å². The number of hydrogen-bond donors (Lipinski definition) is 0.